The van der Waals surface area contributed by atoms with Crippen LogP contribution in [0.5, 0.6) is 0 Å². The Hall–Kier alpha value is -2.42. The highest BCUT2D eigenvalue weighted by Gasteiger charge is 2.61. The van der Waals surface area contributed by atoms with Crippen molar-refractivity contribution in [2.75, 3.05) is 0 Å². The van der Waals surface area contributed by atoms with E-state index in [1.807, 2.05) is 52.0 Å². The Morgan fingerprint density at radius 2 is 1.85 bits per heavy atom. The highest BCUT2D eigenvalue weighted by atomic mass is 35.5. The molecule has 1 heterocycles. The number of ether oxygens (including phenoxy) is 1. The molecule has 0 aliphatic carbocycles. The second-order valence-electron chi connectivity index (χ2n) is 11.5. The number of benzene rings is 2. The zero-order valence-corrected chi connectivity index (χ0v) is 21.8. The van der Waals surface area contributed by atoms with Gasteiger partial charge in [-0.2, -0.15) is 5.26 Å². The Balaban J connectivity index is 2.32. The molecule has 2 aromatic carbocycles. The number of halogens is 2. The summed E-state index contributed by atoms with van der Waals surface area (Å²) in [5.74, 6) is -1.68. The van der Waals surface area contributed by atoms with E-state index in [-0.39, 0.29) is 16.0 Å². The van der Waals surface area contributed by atoms with Gasteiger partial charge in [-0.05, 0) is 57.2 Å². The van der Waals surface area contributed by atoms with Gasteiger partial charge in [-0.3, -0.25) is 10.1 Å². The van der Waals surface area contributed by atoms with Crippen molar-refractivity contribution in [2.24, 2.45) is 5.41 Å². The molecule has 0 aromatic heterocycles. The molecule has 1 saturated heterocycles. The van der Waals surface area contributed by atoms with Gasteiger partial charge in [-0.25, -0.2) is 4.39 Å². The van der Waals surface area contributed by atoms with Crippen LogP contribution in [-0.2, 0) is 14.9 Å². The van der Waals surface area contributed by atoms with Gasteiger partial charge >= 0.3 is 5.97 Å². The molecule has 0 saturated carbocycles. The number of hydrogen-bond donors (Lipinski definition) is 1. The van der Waals surface area contributed by atoms with Crippen LogP contribution in [0.15, 0.2) is 42.5 Å². The first-order chi connectivity index (χ1) is 15.7. The highest BCUT2D eigenvalue weighted by molar-refractivity contribution is 6.30. The van der Waals surface area contributed by atoms with Crippen molar-refractivity contribution in [1.82, 2.24) is 5.32 Å². The molecular formula is C28H34ClFN2O2. The number of hydrogen-bond acceptors (Lipinski definition) is 4. The average molecular weight is 485 g/mol. The summed E-state index contributed by atoms with van der Waals surface area (Å²) < 4.78 is 21.3. The van der Waals surface area contributed by atoms with Crippen LogP contribution in [-0.4, -0.2) is 23.7 Å². The van der Waals surface area contributed by atoms with E-state index in [1.165, 1.54) is 6.07 Å². The van der Waals surface area contributed by atoms with E-state index in [1.54, 1.807) is 12.1 Å². The lowest BCUT2D eigenvalue weighted by atomic mass is 9.62. The van der Waals surface area contributed by atoms with Gasteiger partial charge in [0.1, 0.15) is 22.9 Å². The van der Waals surface area contributed by atoms with Crippen molar-refractivity contribution >= 4 is 17.6 Å². The molecule has 1 N–H and O–H groups in total. The first-order valence-corrected chi connectivity index (χ1v) is 12.0. The molecule has 0 spiro atoms. The lowest BCUT2D eigenvalue weighted by molar-refractivity contribution is -0.157. The molecule has 4 nitrogen and oxygen atoms in total. The number of nitrogens with zero attached hydrogens (tertiary/aromatic N) is 1. The van der Waals surface area contributed by atoms with Crippen LogP contribution < -0.4 is 5.32 Å². The number of rotatable bonds is 4. The zero-order valence-electron chi connectivity index (χ0n) is 21.0. The largest absolute Gasteiger partial charge is 0.459 e. The molecule has 2 aromatic rings. The molecule has 0 unspecified atom stereocenters. The van der Waals surface area contributed by atoms with Crippen LogP contribution in [0.25, 0.3) is 0 Å². The number of esters is 1. The van der Waals surface area contributed by atoms with E-state index in [0.29, 0.717) is 6.42 Å². The van der Waals surface area contributed by atoms with Crippen LogP contribution in [0.2, 0.25) is 5.02 Å². The van der Waals surface area contributed by atoms with Crippen molar-refractivity contribution in [3.8, 4) is 6.07 Å². The minimum atomic E-state index is -1.36. The molecule has 0 bridgehead atoms. The fourth-order valence-corrected chi connectivity index (χ4v) is 5.19. The smallest absolute Gasteiger partial charge is 0.324 e. The molecule has 1 aliphatic rings. The predicted molar refractivity (Wildman–Crippen MR) is 133 cm³/mol. The van der Waals surface area contributed by atoms with Crippen LogP contribution in [0.3, 0.4) is 0 Å². The summed E-state index contributed by atoms with van der Waals surface area (Å²) in [6, 6.07) is 13.3. The van der Waals surface area contributed by atoms with Gasteiger partial charge in [0, 0.05) is 22.5 Å². The van der Waals surface area contributed by atoms with Gasteiger partial charge < -0.3 is 4.74 Å². The van der Waals surface area contributed by atoms with Gasteiger partial charge in [0.15, 0.2) is 0 Å². The Morgan fingerprint density at radius 1 is 1.18 bits per heavy atom. The zero-order chi connectivity index (χ0) is 25.5. The fourth-order valence-electron chi connectivity index (χ4n) is 5.03. The molecule has 1 aliphatic heterocycles. The second kappa shape index (κ2) is 9.32. The van der Waals surface area contributed by atoms with Gasteiger partial charge in [-0.15, -0.1) is 0 Å². The molecular weight excluding hydrogens is 451 g/mol. The second-order valence-corrected chi connectivity index (χ2v) is 11.9. The van der Waals surface area contributed by atoms with E-state index in [2.05, 4.69) is 32.2 Å². The molecule has 1 fully saturated rings. The normalized spacial score (nSPS) is 25.1. The summed E-state index contributed by atoms with van der Waals surface area (Å²) in [6.45, 7) is 13.6. The Labute approximate surface area is 207 Å². The minimum absolute atomic E-state index is 0.192. The van der Waals surface area contributed by atoms with Crippen molar-refractivity contribution < 1.29 is 13.9 Å². The van der Waals surface area contributed by atoms with Crippen molar-refractivity contribution in [3.05, 3.63) is 70.0 Å². The van der Waals surface area contributed by atoms with Gasteiger partial charge in [-0.1, -0.05) is 68.3 Å². The van der Waals surface area contributed by atoms with Crippen LogP contribution in [0.4, 0.5) is 4.39 Å². The number of carbonyl (C=O) groups is 1. The van der Waals surface area contributed by atoms with Crippen molar-refractivity contribution in [2.45, 2.75) is 83.9 Å². The summed E-state index contributed by atoms with van der Waals surface area (Å²) in [5, 5.41) is 14.5. The molecule has 34 heavy (non-hydrogen) atoms. The van der Waals surface area contributed by atoms with Gasteiger partial charge in [0.2, 0.25) is 0 Å². The maximum absolute atomic E-state index is 15.5. The maximum Gasteiger partial charge on any atom is 0.324 e. The van der Waals surface area contributed by atoms with Crippen LogP contribution >= 0.6 is 11.6 Å². The summed E-state index contributed by atoms with van der Waals surface area (Å²) in [4.78, 5) is 13.5. The summed E-state index contributed by atoms with van der Waals surface area (Å²) in [6.07, 6.45) is 0.546. The minimum Gasteiger partial charge on any atom is -0.459 e. The molecule has 3 rings (SSSR count). The standard InChI is InChI=1S/C28H34ClFN2O2/c1-17-9-8-10-18(13-17)23-24(25(33)34-27(5,6)7)32-22(15-26(2,3)4)28(23,16-31)20-12-11-19(29)14-21(20)30/h8-14,22-24,32H,15H2,1-7H3/t22-,23-,24+,28-/m0/s1. The van der Waals surface area contributed by atoms with Gasteiger partial charge in [0.25, 0.3) is 0 Å². The Kier molecular flexibility index (Phi) is 7.18. The van der Waals surface area contributed by atoms with Crippen molar-refractivity contribution in [3.63, 3.8) is 0 Å². The molecule has 4 atom stereocenters. The maximum atomic E-state index is 15.5. The molecule has 182 valence electrons. The van der Waals surface area contributed by atoms with E-state index in [4.69, 9.17) is 16.3 Å². The number of nitriles is 1. The third-order valence-electron chi connectivity index (χ3n) is 6.19. The topological polar surface area (TPSA) is 62.1 Å². The number of carbonyl (C=O) groups excluding carboxylic acids is 1. The Bertz CT molecular complexity index is 1110. The lowest BCUT2D eigenvalue weighted by Crippen LogP contribution is -2.44. The third kappa shape index (κ3) is 5.29. The van der Waals surface area contributed by atoms with E-state index < -0.39 is 40.8 Å². The molecule has 0 amide bonds. The van der Waals surface area contributed by atoms with Crippen LogP contribution in [0, 0.1) is 29.5 Å². The molecule has 0 radical (unpaired) electrons. The summed E-state index contributed by atoms with van der Waals surface area (Å²) >= 11 is 6.07. The summed E-state index contributed by atoms with van der Waals surface area (Å²) in [7, 11) is 0. The highest BCUT2D eigenvalue weighted by Crippen LogP contribution is 2.52. The Morgan fingerprint density at radius 3 is 2.38 bits per heavy atom. The monoisotopic (exact) mass is 484 g/mol. The number of aryl methyl sites for hydroxylation is 1. The van der Waals surface area contributed by atoms with E-state index in [9.17, 15) is 10.1 Å². The lowest BCUT2D eigenvalue weighted by Gasteiger charge is -2.37. The third-order valence-corrected chi connectivity index (χ3v) is 6.43. The summed E-state index contributed by atoms with van der Waals surface area (Å²) in [5.41, 5.74) is -0.253. The quantitative estimate of drug-likeness (QED) is 0.506. The van der Waals surface area contributed by atoms with Crippen molar-refractivity contribution in [1.29, 1.82) is 5.26 Å². The SMILES string of the molecule is Cc1cccc([C@H]2[C@H](C(=O)OC(C)(C)C)N[C@@H](CC(C)(C)C)[C@]2(C#N)c2ccc(Cl)cc2F)c1. The van der Waals surface area contributed by atoms with E-state index in [0.717, 1.165) is 11.1 Å². The predicted octanol–water partition coefficient (Wildman–Crippen LogP) is 6.45. The number of nitrogens with one attached hydrogen (secondary N) is 1. The molecule has 6 heteroatoms. The fraction of sp³-hybridized carbons (Fsp3) is 0.500. The van der Waals surface area contributed by atoms with Gasteiger partial charge in [0.05, 0.1) is 6.07 Å². The first-order valence-electron chi connectivity index (χ1n) is 11.6. The van der Waals surface area contributed by atoms with E-state index >= 15 is 4.39 Å². The first kappa shape index (κ1) is 26.2. The van der Waals surface area contributed by atoms with Crippen LogP contribution in [0.1, 0.15) is 70.6 Å². The average Bonchev–Trinajstić information content (AvgIpc) is 3.00.